The van der Waals surface area contributed by atoms with E-state index in [0.717, 1.165) is 12.0 Å². The van der Waals surface area contributed by atoms with Crippen molar-refractivity contribution < 1.29 is 22.6 Å². The van der Waals surface area contributed by atoms with Gasteiger partial charge in [0.25, 0.3) is 0 Å². The van der Waals surface area contributed by atoms with Crippen LogP contribution in [0.3, 0.4) is 0 Å². The number of rotatable bonds is 8. The summed E-state index contributed by atoms with van der Waals surface area (Å²) in [4.78, 5) is 8.35. The maximum absolute atomic E-state index is 12.1. The number of benzene rings is 1. The molecule has 1 aromatic heterocycles. The van der Waals surface area contributed by atoms with Crippen molar-refractivity contribution in [2.75, 3.05) is 6.61 Å². The Hall–Kier alpha value is -2.97. The summed E-state index contributed by atoms with van der Waals surface area (Å²) in [7, 11) is 0. The van der Waals surface area contributed by atoms with Crippen molar-refractivity contribution in [3.8, 4) is 11.6 Å². The molecule has 3 N–H and O–H groups in total. The number of aromatic nitrogens is 1. The van der Waals surface area contributed by atoms with E-state index in [4.69, 9.17) is 10.5 Å². The van der Waals surface area contributed by atoms with E-state index in [9.17, 15) is 13.2 Å². The topological polar surface area (TPSA) is 81.8 Å². The van der Waals surface area contributed by atoms with Gasteiger partial charge in [-0.2, -0.15) is 0 Å². The largest absolute Gasteiger partial charge is 0.573 e. The Balaban J connectivity index is 1.88. The summed E-state index contributed by atoms with van der Waals surface area (Å²) in [5.74, 6) is 0.466. The monoisotopic (exact) mass is 382 g/mol. The number of pyridine rings is 1. The highest BCUT2D eigenvalue weighted by Crippen LogP contribution is 2.22. The van der Waals surface area contributed by atoms with Crippen molar-refractivity contribution in [1.29, 1.82) is 0 Å². The van der Waals surface area contributed by atoms with Gasteiger partial charge in [0.2, 0.25) is 5.88 Å². The number of nitrogens with two attached hydrogens (primary N) is 1. The van der Waals surface area contributed by atoms with Gasteiger partial charge in [0.15, 0.2) is 5.96 Å². The Labute approximate surface area is 155 Å². The predicted molar refractivity (Wildman–Crippen MR) is 95.3 cm³/mol. The molecule has 0 saturated heterocycles. The van der Waals surface area contributed by atoms with Crippen molar-refractivity contribution in [3.05, 3.63) is 53.7 Å². The van der Waals surface area contributed by atoms with Crippen LogP contribution in [0.25, 0.3) is 0 Å². The first kappa shape index (κ1) is 20.3. The van der Waals surface area contributed by atoms with Gasteiger partial charge in [-0.1, -0.05) is 25.1 Å². The fraction of sp³-hybridized carbons (Fsp3) is 0.333. The quantitative estimate of drug-likeness (QED) is 0.540. The lowest BCUT2D eigenvalue weighted by atomic mass is 10.2. The zero-order chi connectivity index (χ0) is 19.7. The molecule has 0 aliphatic carbocycles. The summed E-state index contributed by atoms with van der Waals surface area (Å²) in [6.07, 6.45) is -2.18. The summed E-state index contributed by atoms with van der Waals surface area (Å²) >= 11 is 0. The molecule has 2 aromatic rings. The van der Waals surface area contributed by atoms with Crippen LogP contribution in [0.2, 0.25) is 0 Å². The van der Waals surface area contributed by atoms with E-state index in [0.29, 0.717) is 24.6 Å². The molecule has 6 nitrogen and oxygen atoms in total. The van der Waals surface area contributed by atoms with E-state index in [1.165, 1.54) is 24.3 Å². The fourth-order valence-electron chi connectivity index (χ4n) is 2.10. The highest BCUT2D eigenvalue weighted by Gasteiger charge is 2.30. The summed E-state index contributed by atoms with van der Waals surface area (Å²) in [5, 5.41) is 2.96. The number of aliphatic imine (C=N–C) groups is 1. The Kier molecular flexibility index (Phi) is 7.27. The molecule has 0 aliphatic heterocycles. The molecule has 0 unspecified atom stereocenters. The van der Waals surface area contributed by atoms with E-state index in [-0.39, 0.29) is 18.3 Å². The van der Waals surface area contributed by atoms with Gasteiger partial charge < -0.3 is 20.5 Å². The predicted octanol–water partition coefficient (Wildman–Crippen LogP) is 3.37. The van der Waals surface area contributed by atoms with Crippen LogP contribution in [0.1, 0.15) is 24.5 Å². The molecule has 0 radical (unpaired) electrons. The van der Waals surface area contributed by atoms with E-state index >= 15 is 0 Å². The van der Waals surface area contributed by atoms with Crippen molar-refractivity contribution in [1.82, 2.24) is 10.3 Å². The van der Waals surface area contributed by atoms with E-state index in [2.05, 4.69) is 20.0 Å². The first-order valence-electron chi connectivity index (χ1n) is 8.32. The molecular formula is C18H21F3N4O2. The second-order valence-corrected chi connectivity index (χ2v) is 5.56. The lowest BCUT2D eigenvalue weighted by Gasteiger charge is -2.11. The lowest BCUT2D eigenvalue weighted by Crippen LogP contribution is -2.31. The van der Waals surface area contributed by atoms with Crippen LogP contribution in [0.15, 0.2) is 47.6 Å². The van der Waals surface area contributed by atoms with Crippen LogP contribution in [-0.2, 0) is 13.1 Å². The van der Waals surface area contributed by atoms with Crippen molar-refractivity contribution in [3.63, 3.8) is 0 Å². The third-order valence-electron chi connectivity index (χ3n) is 3.34. The maximum Gasteiger partial charge on any atom is 0.573 e. The number of nitrogens with one attached hydrogen (secondary N) is 1. The molecule has 0 spiro atoms. The summed E-state index contributed by atoms with van der Waals surface area (Å²) in [6.45, 7) is 3.19. The Bertz CT molecular complexity index is 749. The summed E-state index contributed by atoms with van der Waals surface area (Å²) < 4.78 is 45.8. The first-order chi connectivity index (χ1) is 12.9. The molecule has 0 bridgehead atoms. The minimum Gasteiger partial charge on any atom is -0.477 e. The van der Waals surface area contributed by atoms with Gasteiger partial charge in [-0.25, -0.2) is 9.98 Å². The molecule has 0 fully saturated rings. The summed E-state index contributed by atoms with van der Waals surface area (Å²) in [5.41, 5.74) is 7.38. The number of hydrogen-bond donors (Lipinski definition) is 2. The smallest absolute Gasteiger partial charge is 0.477 e. The number of hydrogen-bond acceptors (Lipinski definition) is 4. The average Bonchev–Trinajstić information content (AvgIpc) is 2.63. The third kappa shape index (κ3) is 7.43. The van der Waals surface area contributed by atoms with Gasteiger partial charge in [0.05, 0.1) is 13.2 Å². The van der Waals surface area contributed by atoms with Gasteiger partial charge >= 0.3 is 6.36 Å². The van der Waals surface area contributed by atoms with E-state index in [1.807, 2.05) is 13.0 Å². The normalized spacial score (nSPS) is 11.9. The number of alkyl halides is 3. The minimum atomic E-state index is -4.71. The van der Waals surface area contributed by atoms with Crippen LogP contribution in [0.5, 0.6) is 11.6 Å². The van der Waals surface area contributed by atoms with Gasteiger partial charge in [-0.15, -0.1) is 13.2 Å². The molecule has 0 saturated carbocycles. The number of ether oxygens (including phenoxy) is 2. The van der Waals surface area contributed by atoms with Crippen molar-refractivity contribution >= 4 is 5.96 Å². The zero-order valence-corrected chi connectivity index (χ0v) is 14.8. The van der Waals surface area contributed by atoms with Crippen LogP contribution in [0, 0.1) is 0 Å². The Morgan fingerprint density at radius 1 is 1.22 bits per heavy atom. The maximum atomic E-state index is 12.1. The highest BCUT2D eigenvalue weighted by atomic mass is 19.4. The average molecular weight is 382 g/mol. The molecule has 9 heteroatoms. The molecule has 1 heterocycles. The Morgan fingerprint density at radius 3 is 2.63 bits per heavy atom. The van der Waals surface area contributed by atoms with Crippen LogP contribution >= 0.6 is 0 Å². The Morgan fingerprint density at radius 2 is 1.96 bits per heavy atom. The molecule has 27 heavy (non-hydrogen) atoms. The van der Waals surface area contributed by atoms with Crippen LogP contribution in [-0.4, -0.2) is 23.9 Å². The van der Waals surface area contributed by atoms with E-state index in [1.54, 1.807) is 12.3 Å². The minimum absolute atomic E-state index is 0.205. The third-order valence-corrected chi connectivity index (χ3v) is 3.34. The zero-order valence-electron chi connectivity index (χ0n) is 14.8. The second kappa shape index (κ2) is 9.65. The van der Waals surface area contributed by atoms with Gasteiger partial charge in [0, 0.05) is 18.3 Å². The number of nitrogens with zero attached hydrogens (tertiary/aromatic N) is 2. The van der Waals surface area contributed by atoms with Crippen LogP contribution < -0.4 is 20.5 Å². The molecule has 2 rings (SSSR count). The summed E-state index contributed by atoms with van der Waals surface area (Å²) in [6, 6.07) is 9.13. The van der Waals surface area contributed by atoms with Gasteiger partial charge in [-0.3, -0.25) is 0 Å². The number of guanidine groups is 1. The standard InChI is InChI=1S/C18H21F3N4O2/c1-2-10-26-16-14(4-3-9-23-16)12-25-17(22)24-11-13-5-7-15(8-6-13)27-18(19,20)21/h3-9H,2,10-12H2,1H3,(H3,22,24,25). The first-order valence-corrected chi connectivity index (χ1v) is 8.32. The van der Waals surface area contributed by atoms with E-state index < -0.39 is 6.36 Å². The highest BCUT2D eigenvalue weighted by molar-refractivity contribution is 5.77. The molecule has 0 amide bonds. The molecule has 1 aromatic carbocycles. The van der Waals surface area contributed by atoms with Crippen molar-refractivity contribution in [2.24, 2.45) is 10.7 Å². The molecule has 0 aliphatic rings. The lowest BCUT2D eigenvalue weighted by molar-refractivity contribution is -0.274. The number of halogens is 3. The molecular weight excluding hydrogens is 361 g/mol. The van der Waals surface area contributed by atoms with Crippen LogP contribution in [0.4, 0.5) is 13.2 Å². The van der Waals surface area contributed by atoms with Crippen molar-refractivity contribution in [2.45, 2.75) is 32.8 Å². The fourth-order valence-corrected chi connectivity index (χ4v) is 2.10. The van der Waals surface area contributed by atoms with Gasteiger partial charge in [0.1, 0.15) is 5.75 Å². The second-order valence-electron chi connectivity index (χ2n) is 5.56. The molecule has 146 valence electrons. The SMILES string of the molecule is CCCOc1ncccc1CNC(N)=NCc1ccc(OC(F)(F)F)cc1. The van der Waals surface area contributed by atoms with Gasteiger partial charge in [-0.05, 0) is 30.2 Å². The molecule has 0 atom stereocenters.